The zero-order valence-corrected chi connectivity index (χ0v) is 15.6. The molecule has 1 aromatic carbocycles. The van der Waals surface area contributed by atoms with Gasteiger partial charge in [-0.3, -0.25) is 14.5 Å². The lowest BCUT2D eigenvalue weighted by Crippen LogP contribution is -2.38. The summed E-state index contributed by atoms with van der Waals surface area (Å²) in [6.07, 6.45) is 4.52. The standard InChI is InChI=1S/C21H24N4O2/c1-13-11-14(21(27)23-15-7-9-16(26)10-8-15)12-22-19(13)20-17-5-3-4-6-18(17)25(2)24-20/h3-6,11-12,15-16,26H,7-10H2,1-2H3,(H,23,27). The van der Waals surface area contributed by atoms with Crippen LogP contribution >= 0.6 is 0 Å². The Morgan fingerprint density at radius 1 is 1.19 bits per heavy atom. The molecule has 2 N–H and O–H groups in total. The van der Waals surface area contributed by atoms with Crippen LogP contribution in [0.2, 0.25) is 0 Å². The van der Waals surface area contributed by atoms with E-state index in [2.05, 4.69) is 15.4 Å². The number of pyridine rings is 1. The highest BCUT2D eigenvalue weighted by molar-refractivity contribution is 5.96. The fourth-order valence-corrected chi connectivity index (χ4v) is 3.82. The molecular weight excluding hydrogens is 340 g/mol. The van der Waals surface area contributed by atoms with E-state index in [1.165, 1.54) is 0 Å². The van der Waals surface area contributed by atoms with Crippen LogP contribution in [0.15, 0.2) is 36.5 Å². The highest BCUT2D eigenvalue weighted by atomic mass is 16.3. The summed E-state index contributed by atoms with van der Waals surface area (Å²) in [7, 11) is 1.92. The number of rotatable bonds is 3. The second-order valence-corrected chi connectivity index (χ2v) is 7.36. The monoisotopic (exact) mass is 364 g/mol. The van der Waals surface area contributed by atoms with Gasteiger partial charge in [0.1, 0.15) is 5.69 Å². The van der Waals surface area contributed by atoms with Crippen molar-refractivity contribution in [2.75, 3.05) is 0 Å². The summed E-state index contributed by atoms with van der Waals surface area (Å²) in [5.41, 5.74) is 4.16. The number of aryl methyl sites for hydroxylation is 2. The summed E-state index contributed by atoms with van der Waals surface area (Å²) < 4.78 is 1.85. The highest BCUT2D eigenvalue weighted by Gasteiger charge is 2.22. The van der Waals surface area contributed by atoms with Crippen molar-refractivity contribution in [3.05, 3.63) is 47.7 Å². The number of carbonyl (C=O) groups excluding carboxylic acids is 1. The molecule has 2 aromatic heterocycles. The van der Waals surface area contributed by atoms with Gasteiger partial charge in [-0.15, -0.1) is 0 Å². The summed E-state index contributed by atoms with van der Waals surface area (Å²) in [5.74, 6) is -0.107. The zero-order chi connectivity index (χ0) is 19.0. The lowest BCUT2D eigenvalue weighted by atomic mass is 9.93. The van der Waals surface area contributed by atoms with Crippen molar-refractivity contribution in [3.8, 4) is 11.4 Å². The molecule has 1 aliphatic carbocycles. The summed E-state index contributed by atoms with van der Waals surface area (Å²) in [4.78, 5) is 17.1. The molecule has 0 atom stereocenters. The van der Waals surface area contributed by atoms with Crippen LogP contribution in [0.4, 0.5) is 0 Å². The van der Waals surface area contributed by atoms with E-state index in [0.717, 1.165) is 53.5 Å². The molecular formula is C21H24N4O2. The van der Waals surface area contributed by atoms with Gasteiger partial charge in [0.15, 0.2) is 0 Å². The normalized spacial score (nSPS) is 20.0. The summed E-state index contributed by atoms with van der Waals surface area (Å²) in [6.45, 7) is 1.96. The Labute approximate surface area is 158 Å². The van der Waals surface area contributed by atoms with E-state index in [9.17, 15) is 9.90 Å². The molecule has 0 saturated heterocycles. The number of hydrogen-bond donors (Lipinski definition) is 2. The molecule has 1 amide bonds. The predicted molar refractivity (Wildman–Crippen MR) is 104 cm³/mol. The van der Waals surface area contributed by atoms with Gasteiger partial charge in [-0.2, -0.15) is 5.10 Å². The van der Waals surface area contributed by atoms with Crippen molar-refractivity contribution in [1.29, 1.82) is 0 Å². The maximum absolute atomic E-state index is 12.6. The molecule has 6 nitrogen and oxygen atoms in total. The molecule has 4 rings (SSSR count). The van der Waals surface area contributed by atoms with Crippen LogP contribution < -0.4 is 5.32 Å². The summed E-state index contributed by atoms with van der Waals surface area (Å²) in [5, 5.41) is 18.3. The fraction of sp³-hybridized carbons (Fsp3) is 0.381. The van der Waals surface area contributed by atoms with Gasteiger partial charge in [-0.05, 0) is 50.3 Å². The number of benzene rings is 1. The maximum Gasteiger partial charge on any atom is 0.253 e. The summed E-state index contributed by atoms with van der Waals surface area (Å²) >= 11 is 0. The number of para-hydroxylation sites is 1. The Morgan fingerprint density at radius 3 is 2.67 bits per heavy atom. The van der Waals surface area contributed by atoms with E-state index in [0.29, 0.717) is 5.56 Å². The molecule has 0 unspecified atom stereocenters. The molecule has 27 heavy (non-hydrogen) atoms. The molecule has 3 aromatic rings. The largest absolute Gasteiger partial charge is 0.393 e. The second kappa shape index (κ2) is 7.12. The Morgan fingerprint density at radius 2 is 1.93 bits per heavy atom. The van der Waals surface area contributed by atoms with Crippen molar-refractivity contribution in [3.63, 3.8) is 0 Å². The topological polar surface area (TPSA) is 80.0 Å². The van der Waals surface area contributed by atoms with E-state index in [4.69, 9.17) is 0 Å². The van der Waals surface area contributed by atoms with Crippen LogP contribution in [0.3, 0.4) is 0 Å². The van der Waals surface area contributed by atoms with Gasteiger partial charge >= 0.3 is 0 Å². The maximum atomic E-state index is 12.6. The number of fused-ring (bicyclic) bond motifs is 1. The quantitative estimate of drug-likeness (QED) is 0.749. The first-order valence-electron chi connectivity index (χ1n) is 9.40. The van der Waals surface area contributed by atoms with E-state index in [1.54, 1.807) is 6.20 Å². The molecule has 0 spiro atoms. The first kappa shape index (κ1) is 17.7. The molecule has 0 radical (unpaired) electrons. The number of carbonyl (C=O) groups is 1. The number of nitrogens with zero attached hydrogens (tertiary/aromatic N) is 3. The van der Waals surface area contributed by atoms with E-state index in [1.807, 2.05) is 49.0 Å². The molecule has 1 fully saturated rings. The lowest BCUT2D eigenvalue weighted by Gasteiger charge is -2.26. The second-order valence-electron chi connectivity index (χ2n) is 7.36. The highest BCUT2D eigenvalue weighted by Crippen LogP contribution is 2.28. The number of amides is 1. The van der Waals surface area contributed by atoms with Crippen LogP contribution in [0.5, 0.6) is 0 Å². The Kier molecular flexibility index (Phi) is 4.66. The SMILES string of the molecule is Cc1cc(C(=O)NC2CCC(O)CC2)cnc1-c1nn(C)c2ccccc12. The van der Waals surface area contributed by atoms with Gasteiger partial charge in [0.05, 0.1) is 22.9 Å². The lowest BCUT2D eigenvalue weighted by molar-refractivity contribution is 0.0867. The minimum atomic E-state index is -0.227. The molecule has 0 aliphatic heterocycles. The molecule has 2 heterocycles. The van der Waals surface area contributed by atoms with Crippen molar-refractivity contribution in [2.24, 2.45) is 7.05 Å². The first-order chi connectivity index (χ1) is 13.0. The minimum Gasteiger partial charge on any atom is -0.393 e. The molecule has 1 saturated carbocycles. The molecule has 1 aliphatic rings. The predicted octanol–water partition coefficient (Wildman–Crippen LogP) is 2.98. The van der Waals surface area contributed by atoms with Crippen molar-refractivity contribution < 1.29 is 9.90 Å². The van der Waals surface area contributed by atoms with E-state index < -0.39 is 0 Å². The number of hydrogen-bond acceptors (Lipinski definition) is 4. The third-order valence-electron chi connectivity index (χ3n) is 5.35. The van der Waals surface area contributed by atoms with Crippen LogP contribution in [0.25, 0.3) is 22.3 Å². The van der Waals surface area contributed by atoms with E-state index in [-0.39, 0.29) is 18.1 Å². The van der Waals surface area contributed by atoms with Crippen molar-refractivity contribution >= 4 is 16.8 Å². The van der Waals surface area contributed by atoms with E-state index >= 15 is 0 Å². The van der Waals surface area contributed by atoms with Crippen molar-refractivity contribution in [1.82, 2.24) is 20.1 Å². The van der Waals surface area contributed by atoms with Crippen LogP contribution in [-0.4, -0.2) is 37.9 Å². The van der Waals surface area contributed by atoms with Crippen LogP contribution in [0.1, 0.15) is 41.6 Å². The Balaban J connectivity index is 1.58. The van der Waals surface area contributed by atoms with Gasteiger partial charge in [0.25, 0.3) is 5.91 Å². The zero-order valence-electron chi connectivity index (χ0n) is 15.6. The number of aliphatic hydroxyl groups is 1. The number of aromatic nitrogens is 3. The Bertz CT molecular complexity index is 987. The smallest absolute Gasteiger partial charge is 0.253 e. The number of nitrogens with one attached hydrogen (secondary N) is 1. The fourth-order valence-electron chi connectivity index (χ4n) is 3.82. The third kappa shape index (κ3) is 3.45. The molecule has 0 bridgehead atoms. The van der Waals surface area contributed by atoms with Gasteiger partial charge in [-0.25, -0.2) is 0 Å². The van der Waals surface area contributed by atoms with Gasteiger partial charge < -0.3 is 10.4 Å². The molecule has 6 heteroatoms. The van der Waals surface area contributed by atoms with Gasteiger partial charge in [-0.1, -0.05) is 18.2 Å². The Hall–Kier alpha value is -2.73. The van der Waals surface area contributed by atoms with Crippen molar-refractivity contribution in [2.45, 2.75) is 44.8 Å². The first-order valence-corrected chi connectivity index (χ1v) is 9.40. The van der Waals surface area contributed by atoms with Gasteiger partial charge in [0.2, 0.25) is 0 Å². The average molecular weight is 364 g/mol. The molecule has 140 valence electrons. The van der Waals surface area contributed by atoms with Gasteiger partial charge in [0, 0.05) is 24.7 Å². The van der Waals surface area contributed by atoms with Crippen LogP contribution in [0, 0.1) is 6.92 Å². The summed E-state index contributed by atoms with van der Waals surface area (Å²) in [6, 6.07) is 10.1. The minimum absolute atomic E-state index is 0.107. The van der Waals surface area contributed by atoms with Crippen LogP contribution in [-0.2, 0) is 7.05 Å². The average Bonchev–Trinajstić information content (AvgIpc) is 3.00. The number of aliphatic hydroxyl groups excluding tert-OH is 1. The third-order valence-corrected chi connectivity index (χ3v) is 5.35.